The second-order valence-corrected chi connectivity index (χ2v) is 8.51. The van der Waals surface area contributed by atoms with Crippen LogP contribution in [0.4, 0.5) is 5.69 Å². The number of hydrogen-bond acceptors (Lipinski definition) is 7. The lowest BCUT2D eigenvalue weighted by Crippen LogP contribution is -2.22. The minimum atomic E-state index is -0.664. The number of carbonyl (C=O) groups excluding carboxylic acids is 2. The standard InChI is InChI=1S/C27H28N4O5/c1-16-10-12-21(13-11-16)31-19(4)26(18(3)29-31)28-25(32)15-35-27(33)22-8-6-7-9-24(22)34-14-23-17(2)30-36-20(23)5/h6-13H,14-15H2,1-5H3,(H,28,32). The molecule has 36 heavy (non-hydrogen) atoms. The second-order valence-electron chi connectivity index (χ2n) is 8.51. The molecule has 0 aliphatic carbocycles. The molecular formula is C27H28N4O5. The van der Waals surface area contributed by atoms with Crippen LogP contribution in [0.15, 0.2) is 53.1 Å². The topological polar surface area (TPSA) is 108 Å². The number of aromatic nitrogens is 3. The molecule has 4 rings (SSSR count). The highest BCUT2D eigenvalue weighted by Gasteiger charge is 2.19. The first-order valence-electron chi connectivity index (χ1n) is 11.5. The Morgan fingerprint density at radius 2 is 1.69 bits per heavy atom. The van der Waals surface area contributed by atoms with Crippen molar-refractivity contribution in [3.8, 4) is 11.4 Å². The molecule has 4 aromatic rings. The monoisotopic (exact) mass is 488 g/mol. The van der Waals surface area contributed by atoms with E-state index in [1.165, 1.54) is 0 Å². The number of ether oxygens (including phenoxy) is 2. The third-order valence-electron chi connectivity index (χ3n) is 5.83. The van der Waals surface area contributed by atoms with Crippen molar-refractivity contribution in [1.29, 1.82) is 0 Å². The number of anilines is 1. The van der Waals surface area contributed by atoms with Crippen LogP contribution >= 0.6 is 0 Å². The molecule has 0 saturated carbocycles. The molecule has 2 aromatic heterocycles. The summed E-state index contributed by atoms with van der Waals surface area (Å²) in [6.45, 7) is 9.05. The maximum Gasteiger partial charge on any atom is 0.342 e. The highest BCUT2D eigenvalue weighted by atomic mass is 16.5. The summed E-state index contributed by atoms with van der Waals surface area (Å²) in [6, 6.07) is 14.6. The van der Waals surface area contributed by atoms with E-state index in [2.05, 4.69) is 15.6 Å². The Hall–Kier alpha value is -4.40. The minimum Gasteiger partial charge on any atom is -0.488 e. The van der Waals surface area contributed by atoms with Gasteiger partial charge >= 0.3 is 5.97 Å². The molecule has 0 atom stereocenters. The van der Waals surface area contributed by atoms with Crippen LogP contribution in [-0.4, -0.2) is 33.4 Å². The van der Waals surface area contributed by atoms with Gasteiger partial charge in [0.25, 0.3) is 5.91 Å². The Morgan fingerprint density at radius 3 is 2.39 bits per heavy atom. The maximum atomic E-state index is 12.7. The molecule has 0 radical (unpaired) electrons. The Bertz CT molecular complexity index is 1380. The summed E-state index contributed by atoms with van der Waals surface area (Å²) in [5.41, 5.74) is 5.80. The largest absolute Gasteiger partial charge is 0.488 e. The number of nitrogens with zero attached hydrogens (tertiary/aromatic N) is 3. The van der Waals surface area contributed by atoms with Crippen LogP contribution in [0.5, 0.6) is 5.75 Å². The third kappa shape index (κ3) is 5.30. The van der Waals surface area contributed by atoms with Gasteiger partial charge in [0.2, 0.25) is 0 Å². The van der Waals surface area contributed by atoms with Crippen LogP contribution in [0.1, 0.15) is 44.3 Å². The van der Waals surface area contributed by atoms with E-state index in [1.807, 2.05) is 52.0 Å². The third-order valence-corrected chi connectivity index (χ3v) is 5.83. The van der Waals surface area contributed by atoms with E-state index in [-0.39, 0.29) is 12.2 Å². The molecule has 0 saturated heterocycles. The molecule has 2 heterocycles. The van der Waals surface area contributed by atoms with Crippen LogP contribution in [0.25, 0.3) is 5.69 Å². The molecule has 0 fully saturated rings. The maximum absolute atomic E-state index is 12.7. The molecule has 0 unspecified atom stereocenters. The van der Waals surface area contributed by atoms with E-state index in [1.54, 1.807) is 35.9 Å². The van der Waals surface area contributed by atoms with Gasteiger partial charge in [-0.2, -0.15) is 5.10 Å². The lowest BCUT2D eigenvalue weighted by molar-refractivity contribution is -0.119. The van der Waals surface area contributed by atoms with Gasteiger partial charge in [-0.05, 0) is 58.9 Å². The molecule has 1 N–H and O–H groups in total. The molecule has 1 amide bonds. The predicted molar refractivity (Wildman–Crippen MR) is 133 cm³/mol. The van der Waals surface area contributed by atoms with Crippen molar-refractivity contribution in [2.24, 2.45) is 0 Å². The zero-order valence-corrected chi connectivity index (χ0v) is 20.9. The fraction of sp³-hybridized carbons (Fsp3) is 0.259. The molecule has 186 valence electrons. The summed E-state index contributed by atoms with van der Waals surface area (Å²) >= 11 is 0. The number of esters is 1. The number of hydrogen-bond donors (Lipinski definition) is 1. The van der Waals surface area contributed by atoms with Crippen molar-refractivity contribution < 1.29 is 23.6 Å². The Balaban J connectivity index is 1.39. The number of aryl methyl sites for hydroxylation is 4. The summed E-state index contributed by atoms with van der Waals surface area (Å²) in [5, 5.41) is 11.3. The van der Waals surface area contributed by atoms with Crippen LogP contribution in [0.2, 0.25) is 0 Å². The zero-order valence-electron chi connectivity index (χ0n) is 20.9. The van der Waals surface area contributed by atoms with Gasteiger partial charge in [-0.15, -0.1) is 0 Å². The Kier molecular flexibility index (Phi) is 7.19. The van der Waals surface area contributed by atoms with Crippen molar-refractivity contribution >= 4 is 17.6 Å². The fourth-order valence-corrected chi connectivity index (χ4v) is 3.76. The van der Waals surface area contributed by atoms with E-state index in [9.17, 15) is 9.59 Å². The summed E-state index contributed by atoms with van der Waals surface area (Å²) in [7, 11) is 0. The molecule has 0 aliphatic heterocycles. The number of nitrogens with one attached hydrogen (secondary N) is 1. The van der Waals surface area contributed by atoms with Gasteiger partial charge in [0.15, 0.2) is 6.61 Å². The second kappa shape index (κ2) is 10.5. The molecule has 0 aliphatic rings. The van der Waals surface area contributed by atoms with Gasteiger partial charge in [0, 0.05) is 0 Å². The first-order chi connectivity index (χ1) is 17.2. The molecule has 9 heteroatoms. The average molecular weight is 489 g/mol. The van der Waals surface area contributed by atoms with Gasteiger partial charge in [-0.3, -0.25) is 4.79 Å². The lowest BCUT2D eigenvalue weighted by atomic mass is 10.2. The first-order valence-corrected chi connectivity index (χ1v) is 11.5. The van der Waals surface area contributed by atoms with Crippen LogP contribution in [-0.2, 0) is 16.1 Å². The molecule has 2 aromatic carbocycles. The SMILES string of the molecule is Cc1ccc(-n2nc(C)c(NC(=O)COC(=O)c3ccccc3OCc3c(C)noc3C)c2C)cc1. The normalized spacial score (nSPS) is 10.8. The van der Waals surface area contributed by atoms with Gasteiger partial charge in [-0.1, -0.05) is 35.0 Å². The van der Waals surface area contributed by atoms with Crippen molar-refractivity contribution in [2.75, 3.05) is 11.9 Å². The highest BCUT2D eigenvalue weighted by molar-refractivity contribution is 5.97. The minimum absolute atomic E-state index is 0.190. The van der Waals surface area contributed by atoms with E-state index in [4.69, 9.17) is 14.0 Å². The van der Waals surface area contributed by atoms with Gasteiger partial charge in [0.1, 0.15) is 23.7 Å². The number of amides is 1. The summed E-state index contributed by atoms with van der Waals surface area (Å²) in [4.78, 5) is 25.3. The van der Waals surface area contributed by atoms with E-state index >= 15 is 0 Å². The quantitative estimate of drug-likeness (QED) is 0.356. The average Bonchev–Trinajstić information content (AvgIpc) is 3.34. The number of rotatable bonds is 8. The van der Waals surface area contributed by atoms with E-state index in [0.717, 1.165) is 28.2 Å². The molecule has 0 spiro atoms. The van der Waals surface area contributed by atoms with Crippen molar-refractivity contribution in [2.45, 2.75) is 41.2 Å². The summed E-state index contributed by atoms with van der Waals surface area (Å²) in [6.07, 6.45) is 0. The van der Waals surface area contributed by atoms with Gasteiger partial charge in [0.05, 0.1) is 34.0 Å². The predicted octanol–water partition coefficient (Wildman–Crippen LogP) is 4.78. The molecular weight excluding hydrogens is 460 g/mol. The zero-order chi connectivity index (χ0) is 25.8. The van der Waals surface area contributed by atoms with E-state index < -0.39 is 18.5 Å². The van der Waals surface area contributed by atoms with Gasteiger partial charge < -0.3 is 19.3 Å². The highest BCUT2D eigenvalue weighted by Crippen LogP contribution is 2.24. The first kappa shape index (κ1) is 24.7. The Labute approximate surface area is 209 Å². The van der Waals surface area contributed by atoms with Crippen molar-refractivity contribution in [1.82, 2.24) is 14.9 Å². The van der Waals surface area contributed by atoms with Crippen LogP contribution < -0.4 is 10.1 Å². The number of para-hydroxylation sites is 1. The van der Waals surface area contributed by atoms with Crippen LogP contribution in [0.3, 0.4) is 0 Å². The van der Waals surface area contributed by atoms with Gasteiger partial charge in [-0.25, -0.2) is 9.48 Å². The smallest absolute Gasteiger partial charge is 0.342 e. The number of benzene rings is 2. The molecule has 9 nitrogen and oxygen atoms in total. The van der Waals surface area contributed by atoms with Crippen molar-refractivity contribution in [3.05, 3.63) is 88.1 Å². The van der Waals surface area contributed by atoms with Crippen LogP contribution in [0, 0.1) is 34.6 Å². The lowest BCUT2D eigenvalue weighted by Gasteiger charge is -2.11. The number of carbonyl (C=O) groups is 2. The van der Waals surface area contributed by atoms with Crippen molar-refractivity contribution in [3.63, 3.8) is 0 Å². The summed E-state index contributed by atoms with van der Waals surface area (Å²) in [5.74, 6) is -0.134. The molecule has 0 bridgehead atoms. The fourth-order valence-electron chi connectivity index (χ4n) is 3.76. The van der Waals surface area contributed by atoms with E-state index in [0.29, 0.717) is 22.9 Å². The Morgan fingerprint density at radius 1 is 0.972 bits per heavy atom. The summed E-state index contributed by atoms with van der Waals surface area (Å²) < 4.78 is 18.0.